The molecular weight excluding hydrogens is 346 g/mol. The first-order valence-electron chi connectivity index (χ1n) is 10.1. The first-order valence-corrected chi connectivity index (χ1v) is 10.9. The van der Waals surface area contributed by atoms with Crippen LogP contribution in [0.3, 0.4) is 0 Å². The lowest BCUT2D eigenvalue weighted by molar-refractivity contribution is 0.189. The van der Waals surface area contributed by atoms with Gasteiger partial charge in [-0.1, -0.05) is 37.5 Å². The van der Waals surface area contributed by atoms with E-state index in [1.54, 1.807) is 6.07 Å². The highest BCUT2D eigenvalue weighted by molar-refractivity contribution is 7.20. The highest BCUT2D eigenvalue weighted by Gasteiger charge is 2.24. The van der Waals surface area contributed by atoms with Crippen molar-refractivity contribution in [3.05, 3.63) is 22.1 Å². The molecular formula is C19H29N5OS. The minimum atomic E-state index is -0.0749. The number of nitrogens with zero attached hydrogens (tertiary/aromatic N) is 4. The number of nitrogens with one attached hydrogen (secondary N) is 1. The molecule has 0 amide bonds. The summed E-state index contributed by atoms with van der Waals surface area (Å²) in [5.74, 6) is 0.930. The molecule has 1 N–H and O–H groups in total. The molecule has 3 heterocycles. The van der Waals surface area contributed by atoms with Gasteiger partial charge in [0.25, 0.3) is 5.56 Å². The summed E-state index contributed by atoms with van der Waals surface area (Å²) < 4.78 is 1.43. The van der Waals surface area contributed by atoms with Gasteiger partial charge in [-0.25, -0.2) is 4.98 Å². The van der Waals surface area contributed by atoms with Crippen LogP contribution < -0.4 is 10.9 Å². The van der Waals surface area contributed by atoms with Gasteiger partial charge < -0.3 is 10.2 Å². The average molecular weight is 376 g/mol. The predicted octanol–water partition coefficient (Wildman–Crippen LogP) is 3.17. The van der Waals surface area contributed by atoms with E-state index in [0.717, 1.165) is 55.5 Å². The van der Waals surface area contributed by atoms with Gasteiger partial charge in [-0.15, -0.1) is 5.10 Å². The van der Waals surface area contributed by atoms with Crippen molar-refractivity contribution in [1.29, 1.82) is 0 Å². The minimum Gasteiger partial charge on any atom is -0.357 e. The van der Waals surface area contributed by atoms with E-state index >= 15 is 0 Å². The predicted molar refractivity (Wildman–Crippen MR) is 106 cm³/mol. The van der Waals surface area contributed by atoms with Crippen LogP contribution in [-0.2, 0) is 6.42 Å². The molecule has 26 heavy (non-hydrogen) atoms. The lowest BCUT2D eigenvalue weighted by Gasteiger charge is -2.33. The van der Waals surface area contributed by atoms with E-state index in [9.17, 15) is 4.79 Å². The second kappa shape index (κ2) is 8.05. The first kappa shape index (κ1) is 17.9. The first-order chi connectivity index (χ1) is 12.7. The van der Waals surface area contributed by atoms with Gasteiger partial charge in [0.1, 0.15) is 0 Å². The standard InChI is InChI=1S/C19H29N5OS/c1-2-5-16-12-17(25)24-19(21-16)26-18(22-24)20-15-8-10-23(11-9-15)13-14-6-3-4-7-14/h12,14-15H,2-11,13H2,1H3,(H,20,22). The minimum absolute atomic E-state index is 0.0749. The van der Waals surface area contributed by atoms with Crippen LogP contribution in [0.15, 0.2) is 10.9 Å². The average Bonchev–Trinajstić information content (AvgIpc) is 3.27. The molecule has 6 nitrogen and oxygen atoms in total. The van der Waals surface area contributed by atoms with E-state index < -0.39 is 0 Å². The van der Waals surface area contributed by atoms with Crippen LogP contribution in [0.5, 0.6) is 0 Å². The SMILES string of the molecule is CCCc1cc(=O)n2nc(NC3CCN(CC4CCCC4)CC3)sc2n1. The van der Waals surface area contributed by atoms with Gasteiger partial charge >= 0.3 is 0 Å². The Morgan fingerprint density at radius 1 is 1.23 bits per heavy atom. The van der Waals surface area contributed by atoms with Crippen LogP contribution in [0.25, 0.3) is 4.96 Å². The van der Waals surface area contributed by atoms with E-state index in [4.69, 9.17) is 0 Å². The number of anilines is 1. The van der Waals surface area contributed by atoms with Gasteiger partial charge in [-0.05, 0) is 38.0 Å². The van der Waals surface area contributed by atoms with Gasteiger partial charge in [0, 0.05) is 37.4 Å². The number of piperidine rings is 1. The number of rotatable bonds is 6. The summed E-state index contributed by atoms with van der Waals surface area (Å²) in [6.45, 7) is 5.71. The van der Waals surface area contributed by atoms with E-state index in [-0.39, 0.29) is 5.56 Å². The lowest BCUT2D eigenvalue weighted by Crippen LogP contribution is -2.41. The largest absolute Gasteiger partial charge is 0.357 e. The molecule has 2 fully saturated rings. The third-order valence-corrected chi connectivity index (χ3v) is 6.55. The summed E-state index contributed by atoms with van der Waals surface area (Å²) in [6.07, 6.45) is 9.81. The molecule has 1 saturated carbocycles. The Bertz CT molecular complexity index is 787. The molecule has 0 spiro atoms. The molecule has 4 rings (SSSR count). The van der Waals surface area contributed by atoms with Gasteiger partial charge in [-0.3, -0.25) is 4.79 Å². The van der Waals surface area contributed by atoms with Crippen molar-refractivity contribution in [3.8, 4) is 0 Å². The number of fused-ring (bicyclic) bond motifs is 1. The summed E-state index contributed by atoms with van der Waals surface area (Å²) in [7, 11) is 0. The van der Waals surface area contributed by atoms with Crippen molar-refractivity contribution in [3.63, 3.8) is 0 Å². The van der Waals surface area contributed by atoms with Gasteiger partial charge in [0.15, 0.2) is 0 Å². The highest BCUT2D eigenvalue weighted by Crippen LogP contribution is 2.27. The van der Waals surface area contributed by atoms with Crippen LogP contribution in [0.4, 0.5) is 5.13 Å². The number of aromatic nitrogens is 3. The normalized spacial score (nSPS) is 20.2. The van der Waals surface area contributed by atoms with Crippen LogP contribution >= 0.6 is 11.3 Å². The number of likely N-dealkylation sites (tertiary alicyclic amines) is 1. The molecule has 0 atom stereocenters. The fraction of sp³-hybridized carbons (Fsp3) is 0.737. The molecule has 0 unspecified atom stereocenters. The summed E-state index contributed by atoms with van der Waals surface area (Å²) in [5, 5.41) is 8.81. The molecule has 0 aromatic carbocycles. The topological polar surface area (TPSA) is 62.5 Å². The Morgan fingerprint density at radius 2 is 2.00 bits per heavy atom. The van der Waals surface area contributed by atoms with Gasteiger partial charge in [0.05, 0.1) is 0 Å². The molecule has 2 aromatic rings. The Kier molecular flexibility index (Phi) is 5.55. The Labute approximate surface area is 158 Å². The maximum absolute atomic E-state index is 12.2. The molecule has 1 aliphatic heterocycles. The third kappa shape index (κ3) is 4.09. The van der Waals surface area contributed by atoms with Gasteiger partial charge in [-0.2, -0.15) is 4.52 Å². The van der Waals surface area contributed by atoms with E-state index in [1.165, 1.54) is 48.1 Å². The van der Waals surface area contributed by atoms with E-state index in [1.807, 2.05) is 0 Å². The highest BCUT2D eigenvalue weighted by atomic mass is 32.1. The summed E-state index contributed by atoms with van der Waals surface area (Å²) in [5.41, 5.74) is 0.794. The van der Waals surface area contributed by atoms with Crippen molar-refractivity contribution in [2.75, 3.05) is 25.0 Å². The Morgan fingerprint density at radius 3 is 2.73 bits per heavy atom. The quantitative estimate of drug-likeness (QED) is 0.840. The van der Waals surface area contributed by atoms with Crippen molar-refractivity contribution >= 4 is 21.4 Å². The summed E-state index contributed by atoms with van der Waals surface area (Å²) in [4.78, 5) is 20.1. The molecule has 0 bridgehead atoms. The second-order valence-electron chi connectivity index (χ2n) is 7.81. The summed E-state index contributed by atoms with van der Waals surface area (Å²) >= 11 is 1.49. The maximum atomic E-state index is 12.2. The van der Waals surface area contributed by atoms with E-state index in [0.29, 0.717) is 11.0 Å². The summed E-state index contributed by atoms with van der Waals surface area (Å²) in [6, 6.07) is 2.06. The van der Waals surface area contributed by atoms with E-state index in [2.05, 4.69) is 27.2 Å². The fourth-order valence-electron chi connectivity index (χ4n) is 4.29. The zero-order valence-electron chi connectivity index (χ0n) is 15.6. The van der Waals surface area contributed by atoms with Crippen molar-refractivity contribution in [2.24, 2.45) is 5.92 Å². The second-order valence-corrected chi connectivity index (χ2v) is 8.76. The number of hydrogen-bond donors (Lipinski definition) is 1. The smallest absolute Gasteiger partial charge is 0.275 e. The number of hydrogen-bond acceptors (Lipinski definition) is 6. The Hall–Kier alpha value is -1.47. The van der Waals surface area contributed by atoms with Crippen LogP contribution in [0.1, 0.15) is 57.6 Å². The van der Waals surface area contributed by atoms with Crippen molar-refractivity contribution < 1.29 is 0 Å². The molecule has 1 aliphatic carbocycles. The number of aryl methyl sites for hydroxylation is 1. The molecule has 2 aliphatic rings. The lowest BCUT2D eigenvalue weighted by atomic mass is 10.0. The fourth-order valence-corrected chi connectivity index (χ4v) is 5.19. The van der Waals surface area contributed by atoms with Crippen molar-refractivity contribution in [1.82, 2.24) is 19.5 Å². The monoisotopic (exact) mass is 375 g/mol. The van der Waals surface area contributed by atoms with Gasteiger partial charge in [0.2, 0.25) is 10.1 Å². The molecule has 0 radical (unpaired) electrons. The molecule has 2 aromatic heterocycles. The molecule has 7 heteroatoms. The third-order valence-electron chi connectivity index (χ3n) is 5.71. The van der Waals surface area contributed by atoms with Crippen molar-refractivity contribution in [2.45, 2.75) is 64.3 Å². The zero-order valence-corrected chi connectivity index (χ0v) is 16.4. The molecule has 1 saturated heterocycles. The van der Waals surface area contributed by atoms with Crippen LogP contribution in [-0.4, -0.2) is 45.2 Å². The van der Waals surface area contributed by atoms with Crippen LogP contribution in [0.2, 0.25) is 0 Å². The zero-order chi connectivity index (χ0) is 17.9. The van der Waals surface area contributed by atoms with Crippen LogP contribution in [0, 0.1) is 5.92 Å². The Balaban J connectivity index is 1.35. The molecule has 142 valence electrons. The maximum Gasteiger partial charge on any atom is 0.275 e.